The zero-order chi connectivity index (χ0) is 14.0. The van der Waals surface area contributed by atoms with Crippen LogP contribution in [-0.4, -0.2) is 68.2 Å². The van der Waals surface area contributed by atoms with Crippen molar-refractivity contribution < 1.29 is 17.9 Å². The Morgan fingerprint density at radius 3 is 2.63 bits per heavy atom. The summed E-state index contributed by atoms with van der Waals surface area (Å²) < 4.78 is 30.3. The lowest BCUT2D eigenvalue weighted by atomic mass is 10.0. The van der Waals surface area contributed by atoms with Gasteiger partial charge in [0.25, 0.3) is 0 Å². The summed E-state index contributed by atoms with van der Waals surface area (Å²) in [5, 5.41) is 0. The van der Waals surface area contributed by atoms with Gasteiger partial charge in [0.05, 0.1) is 19.0 Å². The molecule has 2 rings (SSSR count). The average molecular weight is 290 g/mol. The van der Waals surface area contributed by atoms with Crippen molar-refractivity contribution in [3.8, 4) is 0 Å². The molecule has 7 heteroatoms. The first kappa shape index (κ1) is 14.7. The molecule has 0 radical (unpaired) electrons. The normalized spacial score (nSPS) is 30.3. The molecule has 2 atom stereocenters. The van der Waals surface area contributed by atoms with E-state index in [2.05, 4.69) is 0 Å². The number of nitrogens with zero attached hydrogens (tertiary/aromatic N) is 2. The first-order valence-corrected chi connectivity index (χ1v) is 8.61. The number of carbonyl (C=O) groups is 1. The number of carbonyl (C=O) groups excluding carboxylic acids is 1. The van der Waals surface area contributed by atoms with Crippen LogP contribution in [-0.2, 0) is 19.6 Å². The molecule has 2 heterocycles. The van der Waals surface area contributed by atoms with Gasteiger partial charge >= 0.3 is 0 Å². The Morgan fingerprint density at radius 2 is 2.00 bits per heavy atom. The number of sulfonamides is 1. The van der Waals surface area contributed by atoms with E-state index < -0.39 is 16.1 Å². The number of morpholine rings is 1. The molecule has 19 heavy (non-hydrogen) atoms. The lowest BCUT2D eigenvalue weighted by molar-refractivity contribution is -0.143. The molecule has 2 aliphatic heterocycles. The van der Waals surface area contributed by atoms with Crippen LogP contribution in [0, 0.1) is 0 Å². The molecule has 2 fully saturated rings. The highest BCUT2D eigenvalue weighted by atomic mass is 32.2. The van der Waals surface area contributed by atoms with Crippen LogP contribution in [0.3, 0.4) is 0 Å². The first-order valence-electron chi connectivity index (χ1n) is 6.77. The van der Waals surface area contributed by atoms with Crippen molar-refractivity contribution in [3.63, 3.8) is 0 Å². The molecular formula is C12H22N2O4S. The third kappa shape index (κ3) is 3.46. The largest absolute Gasteiger partial charge is 0.375 e. The minimum absolute atomic E-state index is 0.0213. The summed E-state index contributed by atoms with van der Waals surface area (Å²) in [4.78, 5) is 14.3. The van der Waals surface area contributed by atoms with Gasteiger partial charge in [-0.1, -0.05) is 6.42 Å². The highest BCUT2D eigenvalue weighted by molar-refractivity contribution is 7.88. The standard InChI is InChI=1S/C12H22N2O4S/c1-10-9-13(7-8-18-10)12(15)11-5-3-4-6-14(11)19(2,16)17/h10-11H,3-9H2,1-2H3/t10-,11+/m1/s1. The van der Waals surface area contributed by atoms with Gasteiger partial charge in [-0.15, -0.1) is 0 Å². The van der Waals surface area contributed by atoms with Crippen molar-refractivity contribution in [1.82, 2.24) is 9.21 Å². The molecule has 0 aliphatic carbocycles. The van der Waals surface area contributed by atoms with Gasteiger partial charge in [0, 0.05) is 19.6 Å². The molecule has 0 bridgehead atoms. The van der Waals surface area contributed by atoms with Crippen LogP contribution in [0.4, 0.5) is 0 Å². The van der Waals surface area contributed by atoms with E-state index in [1.165, 1.54) is 10.6 Å². The number of rotatable bonds is 2. The Balaban J connectivity index is 2.11. The van der Waals surface area contributed by atoms with Crippen LogP contribution >= 0.6 is 0 Å². The van der Waals surface area contributed by atoms with Crippen LogP contribution < -0.4 is 0 Å². The van der Waals surface area contributed by atoms with Gasteiger partial charge in [-0.3, -0.25) is 4.79 Å². The number of ether oxygens (including phenoxy) is 1. The minimum atomic E-state index is -3.32. The maximum absolute atomic E-state index is 12.5. The average Bonchev–Trinajstić information content (AvgIpc) is 2.37. The molecule has 2 saturated heterocycles. The van der Waals surface area contributed by atoms with Crippen LogP contribution in [0.25, 0.3) is 0 Å². The quantitative estimate of drug-likeness (QED) is 0.720. The second kappa shape index (κ2) is 5.76. The van der Waals surface area contributed by atoms with E-state index in [0.717, 1.165) is 12.8 Å². The maximum Gasteiger partial charge on any atom is 0.241 e. The molecule has 6 nitrogen and oxygen atoms in total. The topological polar surface area (TPSA) is 66.9 Å². The predicted octanol–water partition coefficient (Wildman–Crippen LogP) is 0.0478. The van der Waals surface area contributed by atoms with E-state index in [4.69, 9.17) is 4.74 Å². The van der Waals surface area contributed by atoms with E-state index >= 15 is 0 Å². The van der Waals surface area contributed by atoms with E-state index in [1.807, 2.05) is 6.92 Å². The highest BCUT2D eigenvalue weighted by Gasteiger charge is 2.37. The second-order valence-electron chi connectivity index (χ2n) is 5.35. The summed E-state index contributed by atoms with van der Waals surface area (Å²) in [6.45, 7) is 4.01. The van der Waals surface area contributed by atoms with Crippen LogP contribution in [0.2, 0.25) is 0 Å². The minimum Gasteiger partial charge on any atom is -0.375 e. The van der Waals surface area contributed by atoms with E-state index in [0.29, 0.717) is 32.7 Å². The van der Waals surface area contributed by atoms with Crippen LogP contribution in [0.15, 0.2) is 0 Å². The van der Waals surface area contributed by atoms with Gasteiger partial charge in [0.2, 0.25) is 15.9 Å². The fourth-order valence-corrected chi connectivity index (χ4v) is 3.90. The molecule has 2 aliphatic rings. The van der Waals surface area contributed by atoms with Crippen molar-refractivity contribution in [3.05, 3.63) is 0 Å². The van der Waals surface area contributed by atoms with Crippen molar-refractivity contribution in [2.75, 3.05) is 32.5 Å². The van der Waals surface area contributed by atoms with Crippen LogP contribution in [0.5, 0.6) is 0 Å². The third-order valence-corrected chi connectivity index (χ3v) is 5.01. The van der Waals surface area contributed by atoms with Gasteiger partial charge in [0.1, 0.15) is 6.04 Å². The lowest BCUT2D eigenvalue weighted by Crippen LogP contribution is -2.55. The maximum atomic E-state index is 12.5. The van der Waals surface area contributed by atoms with Crippen LogP contribution in [0.1, 0.15) is 26.2 Å². The lowest BCUT2D eigenvalue weighted by Gasteiger charge is -2.38. The molecule has 0 aromatic carbocycles. The number of amides is 1. The van der Waals surface area contributed by atoms with Crippen molar-refractivity contribution >= 4 is 15.9 Å². The Kier molecular flexibility index (Phi) is 4.47. The van der Waals surface area contributed by atoms with Crippen molar-refractivity contribution in [2.24, 2.45) is 0 Å². The third-order valence-electron chi connectivity index (χ3n) is 3.72. The summed E-state index contributed by atoms with van der Waals surface area (Å²) in [5.41, 5.74) is 0. The van der Waals surface area contributed by atoms with Crippen molar-refractivity contribution in [2.45, 2.75) is 38.3 Å². The summed E-state index contributed by atoms with van der Waals surface area (Å²) in [5.74, 6) is -0.0692. The van der Waals surface area contributed by atoms with Gasteiger partial charge < -0.3 is 9.64 Å². The molecule has 0 aromatic heterocycles. The SMILES string of the molecule is C[C@@H]1CN(C(=O)[C@@H]2CCCCN2S(C)(=O)=O)CCO1. The molecule has 0 unspecified atom stereocenters. The Hall–Kier alpha value is -0.660. The van der Waals surface area contributed by atoms with E-state index in [9.17, 15) is 13.2 Å². The molecular weight excluding hydrogens is 268 g/mol. The van der Waals surface area contributed by atoms with Gasteiger partial charge in [-0.05, 0) is 19.8 Å². The first-order chi connectivity index (χ1) is 8.89. The Labute approximate surface area is 114 Å². The predicted molar refractivity (Wildman–Crippen MR) is 71.2 cm³/mol. The molecule has 1 amide bonds. The second-order valence-corrected chi connectivity index (χ2v) is 7.29. The fraction of sp³-hybridized carbons (Fsp3) is 0.917. The zero-order valence-electron chi connectivity index (χ0n) is 11.5. The van der Waals surface area contributed by atoms with Gasteiger partial charge in [-0.25, -0.2) is 8.42 Å². The van der Waals surface area contributed by atoms with E-state index in [1.54, 1.807) is 4.90 Å². The van der Waals surface area contributed by atoms with E-state index in [-0.39, 0.29) is 12.0 Å². The monoisotopic (exact) mass is 290 g/mol. The molecule has 0 spiro atoms. The van der Waals surface area contributed by atoms with Gasteiger partial charge in [-0.2, -0.15) is 4.31 Å². The Bertz CT molecular complexity index is 437. The zero-order valence-corrected chi connectivity index (χ0v) is 12.4. The van der Waals surface area contributed by atoms with Gasteiger partial charge in [0.15, 0.2) is 0 Å². The summed E-state index contributed by atoms with van der Waals surface area (Å²) >= 11 is 0. The smallest absolute Gasteiger partial charge is 0.241 e. The molecule has 0 N–H and O–H groups in total. The highest BCUT2D eigenvalue weighted by Crippen LogP contribution is 2.22. The number of piperidine rings is 1. The molecule has 0 saturated carbocycles. The molecule has 0 aromatic rings. The summed E-state index contributed by atoms with van der Waals surface area (Å²) in [6.07, 6.45) is 3.56. The summed E-state index contributed by atoms with van der Waals surface area (Å²) in [6, 6.07) is -0.519. The number of hydrogen-bond donors (Lipinski definition) is 0. The Morgan fingerprint density at radius 1 is 1.26 bits per heavy atom. The number of hydrogen-bond acceptors (Lipinski definition) is 4. The fourth-order valence-electron chi connectivity index (χ4n) is 2.78. The summed E-state index contributed by atoms with van der Waals surface area (Å²) in [7, 11) is -3.32. The van der Waals surface area contributed by atoms with Crippen molar-refractivity contribution in [1.29, 1.82) is 0 Å². The molecule has 110 valence electrons.